The third-order valence-corrected chi connectivity index (χ3v) is 4.94. The van der Waals surface area contributed by atoms with E-state index in [4.69, 9.17) is 8.92 Å². The Morgan fingerprint density at radius 3 is 2.32 bits per heavy atom. The van der Waals surface area contributed by atoms with Crippen molar-refractivity contribution in [2.45, 2.75) is 11.8 Å². The predicted octanol–water partition coefficient (Wildman–Crippen LogP) is 3.39. The van der Waals surface area contributed by atoms with Crippen molar-refractivity contribution >= 4 is 32.0 Å². The van der Waals surface area contributed by atoms with Crippen LogP contribution in [0.4, 0.5) is 0 Å². The normalized spacial score (nSPS) is 11.0. The Balaban J connectivity index is 2.20. The topological polar surface area (TPSA) is 69.7 Å². The zero-order valence-electron chi connectivity index (χ0n) is 11.7. The Morgan fingerprint density at radius 1 is 1.09 bits per heavy atom. The van der Waals surface area contributed by atoms with Gasteiger partial charge in [-0.1, -0.05) is 12.1 Å². The molecule has 0 aromatic heterocycles. The van der Waals surface area contributed by atoms with Crippen molar-refractivity contribution in [2.75, 3.05) is 6.61 Å². The Morgan fingerprint density at radius 2 is 1.73 bits per heavy atom. The summed E-state index contributed by atoms with van der Waals surface area (Å²) in [5.74, 6) is -0.355. The van der Waals surface area contributed by atoms with E-state index in [-0.39, 0.29) is 17.3 Å². The summed E-state index contributed by atoms with van der Waals surface area (Å²) < 4.78 is 34.7. The van der Waals surface area contributed by atoms with Gasteiger partial charge in [-0.05, 0) is 59.3 Å². The molecule has 2 aromatic carbocycles. The highest BCUT2D eigenvalue weighted by Crippen LogP contribution is 2.25. The molecule has 0 amide bonds. The van der Waals surface area contributed by atoms with Gasteiger partial charge in [-0.25, -0.2) is 4.79 Å². The fraction of sp³-hybridized carbons (Fsp3) is 0.133. The van der Waals surface area contributed by atoms with Gasteiger partial charge in [-0.2, -0.15) is 8.42 Å². The summed E-state index contributed by atoms with van der Waals surface area (Å²) in [4.78, 5) is 11.6. The maximum absolute atomic E-state index is 12.2. The second kappa shape index (κ2) is 6.93. The highest BCUT2D eigenvalue weighted by molar-refractivity contribution is 9.10. The van der Waals surface area contributed by atoms with Crippen LogP contribution < -0.4 is 4.18 Å². The maximum atomic E-state index is 12.2. The molecule has 0 aliphatic rings. The molecule has 22 heavy (non-hydrogen) atoms. The van der Waals surface area contributed by atoms with Crippen LogP contribution in [0.15, 0.2) is 57.9 Å². The number of hydrogen-bond donors (Lipinski definition) is 0. The number of carbonyl (C=O) groups excluding carboxylic acids is 1. The Bertz CT molecular complexity index is 769. The number of carbonyl (C=O) groups is 1. The molecule has 2 rings (SSSR count). The van der Waals surface area contributed by atoms with Crippen molar-refractivity contribution in [3.63, 3.8) is 0 Å². The molecule has 0 bridgehead atoms. The minimum atomic E-state index is -3.95. The van der Waals surface area contributed by atoms with Crippen LogP contribution in [0.3, 0.4) is 0 Å². The van der Waals surface area contributed by atoms with E-state index in [1.165, 1.54) is 30.3 Å². The standard InChI is InChI=1S/C15H13BrO5S/c1-2-20-15(17)11-7-9-12(10-8-11)21-22(18,19)14-6-4-3-5-13(14)16/h3-10H,2H2,1H3. The number of esters is 1. The van der Waals surface area contributed by atoms with Gasteiger partial charge in [0.1, 0.15) is 10.6 Å². The molecule has 7 heteroatoms. The number of ether oxygens (including phenoxy) is 1. The first kappa shape index (κ1) is 16.5. The van der Waals surface area contributed by atoms with E-state index in [2.05, 4.69) is 15.9 Å². The SMILES string of the molecule is CCOC(=O)c1ccc(OS(=O)(=O)c2ccccc2Br)cc1. The molecule has 0 saturated carbocycles. The van der Waals surface area contributed by atoms with Gasteiger partial charge < -0.3 is 8.92 Å². The smallest absolute Gasteiger partial charge is 0.340 e. The molecule has 0 heterocycles. The fourth-order valence-corrected chi connectivity index (χ4v) is 3.57. The van der Waals surface area contributed by atoms with Crippen molar-refractivity contribution in [2.24, 2.45) is 0 Å². The minimum absolute atomic E-state index is 0.0319. The van der Waals surface area contributed by atoms with Crippen LogP contribution >= 0.6 is 15.9 Å². The summed E-state index contributed by atoms with van der Waals surface area (Å²) >= 11 is 3.17. The second-order valence-corrected chi connectivity index (χ2v) is 6.58. The van der Waals surface area contributed by atoms with E-state index in [9.17, 15) is 13.2 Å². The molecule has 0 atom stereocenters. The summed E-state index contributed by atoms with van der Waals surface area (Å²) in [5, 5.41) is 0. The lowest BCUT2D eigenvalue weighted by molar-refractivity contribution is 0.0526. The van der Waals surface area contributed by atoms with E-state index in [0.29, 0.717) is 10.0 Å². The summed E-state index contributed by atoms with van der Waals surface area (Å²) in [6.07, 6.45) is 0. The molecule has 0 aliphatic heterocycles. The van der Waals surface area contributed by atoms with Gasteiger partial charge >= 0.3 is 16.1 Å². The first-order valence-electron chi connectivity index (χ1n) is 6.40. The molecular formula is C15H13BrO5S. The molecule has 0 radical (unpaired) electrons. The van der Waals surface area contributed by atoms with Crippen molar-refractivity contribution in [1.29, 1.82) is 0 Å². The molecular weight excluding hydrogens is 372 g/mol. The molecule has 0 spiro atoms. The van der Waals surface area contributed by atoms with Crippen LogP contribution in [0.1, 0.15) is 17.3 Å². The van der Waals surface area contributed by atoms with Gasteiger partial charge in [0.05, 0.1) is 12.2 Å². The average Bonchev–Trinajstić information content (AvgIpc) is 2.48. The van der Waals surface area contributed by atoms with Crippen LogP contribution in [-0.4, -0.2) is 21.0 Å². The van der Waals surface area contributed by atoms with E-state index < -0.39 is 16.1 Å². The van der Waals surface area contributed by atoms with Gasteiger partial charge in [-0.15, -0.1) is 0 Å². The van der Waals surface area contributed by atoms with Crippen molar-refractivity contribution < 1.29 is 22.1 Å². The predicted molar refractivity (Wildman–Crippen MR) is 84.4 cm³/mol. The fourth-order valence-electron chi connectivity index (χ4n) is 1.68. The lowest BCUT2D eigenvalue weighted by atomic mass is 10.2. The van der Waals surface area contributed by atoms with E-state index in [0.717, 1.165) is 0 Å². The third-order valence-electron chi connectivity index (χ3n) is 2.68. The zero-order valence-corrected chi connectivity index (χ0v) is 14.1. The summed E-state index contributed by atoms with van der Waals surface area (Å²) in [7, 11) is -3.95. The molecule has 0 fully saturated rings. The summed E-state index contributed by atoms with van der Waals surface area (Å²) in [6.45, 7) is 1.98. The van der Waals surface area contributed by atoms with Crippen molar-refractivity contribution in [1.82, 2.24) is 0 Å². The lowest BCUT2D eigenvalue weighted by Crippen LogP contribution is -2.10. The molecule has 0 unspecified atom stereocenters. The van der Waals surface area contributed by atoms with Crippen LogP contribution in [0.2, 0.25) is 0 Å². The first-order chi connectivity index (χ1) is 10.4. The number of halogens is 1. The molecule has 0 saturated heterocycles. The number of rotatable bonds is 5. The van der Waals surface area contributed by atoms with Gasteiger partial charge in [0.15, 0.2) is 0 Å². The van der Waals surface area contributed by atoms with Gasteiger partial charge in [0.25, 0.3) is 0 Å². The van der Waals surface area contributed by atoms with E-state index >= 15 is 0 Å². The summed E-state index contributed by atoms with van der Waals surface area (Å²) in [5.41, 5.74) is 0.326. The van der Waals surface area contributed by atoms with Crippen LogP contribution in [0.5, 0.6) is 5.75 Å². The Labute approximate surface area is 137 Å². The number of hydrogen-bond acceptors (Lipinski definition) is 5. The minimum Gasteiger partial charge on any atom is -0.462 e. The van der Waals surface area contributed by atoms with Gasteiger partial charge in [0, 0.05) is 4.47 Å². The van der Waals surface area contributed by atoms with Crippen LogP contribution in [-0.2, 0) is 14.9 Å². The highest BCUT2D eigenvalue weighted by atomic mass is 79.9. The average molecular weight is 385 g/mol. The maximum Gasteiger partial charge on any atom is 0.340 e. The molecule has 0 N–H and O–H groups in total. The second-order valence-electron chi connectivity index (χ2n) is 4.21. The van der Waals surface area contributed by atoms with Gasteiger partial charge in [0.2, 0.25) is 0 Å². The molecule has 116 valence electrons. The van der Waals surface area contributed by atoms with Crippen LogP contribution in [0.25, 0.3) is 0 Å². The first-order valence-corrected chi connectivity index (χ1v) is 8.60. The highest BCUT2D eigenvalue weighted by Gasteiger charge is 2.19. The lowest BCUT2D eigenvalue weighted by Gasteiger charge is -2.09. The van der Waals surface area contributed by atoms with E-state index in [1.807, 2.05) is 0 Å². The monoisotopic (exact) mass is 384 g/mol. The van der Waals surface area contributed by atoms with Crippen molar-refractivity contribution in [3.8, 4) is 5.75 Å². The van der Waals surface area contributed by atoms with Crippen LogP contribution in [0, 0.1) is 0 Å². The molecule has 2 aromatic rings. The third kappa shape index (κ3) is 3.86. The molecule has 0 aliphatic carbocycles. The van der Waals surface area contributed by atoms with Crippen molar-refractivity contribution in [3.05, 3.63) is 58.6 Å². The van der Waals surface area contributed by atoms with E-state index in [1.54, 1.807) is 25.1 Å². The Kier molecular flexibility index (Phi) is 5.20. The largest absolute Gasteiger partial charge is 0.462 e. The summed E-state index contributed by atoms with van der Waals surface area (Å²) in [6, 6.07) is 12.1. The molecule has 5 nitrogen and oxygen atoms in total. The quantitative estimate of drug-likeness (QED) is 0.583. The zero-order chi connectivity index (χ0) is 16.2. The Hall–Kier alpha value is -1.86. The van der Waals surface area contributed by atoms with Gasteiger partial charge in [-0.3, -0.25) is 0 Å². The number of benzene rings is 2.